The van der Waals surface area contributed by atoms with E-state index in [4.69, 9.17) is 4.98 Å². The fraction of sp³-hybridized carbons (Fsp3) is 0.533. The summed E-state index contributed by atoms with van der Waals surface area (Å²) in [4.78, 5) is 19.5. The lowest BCUT2D eigenvalue weighted by atomic mass is 9.98. The molecule has 1 fully saturated rings. The monoisotopic (exact) mass is 488 g/mol. The first kappa shape index (κ1) is 25.0. The Hall–Kier alpha value is -2.70. The van der Waals surface area contributed by atoms with Crippen LogP contribution in [-0.4, -0.2) is 51.2 Å². The van der Waals surface area contributed by atoms with Gasteiger partial charge in [-0.25, -0.2) is 4.98 Å². The largest absolute Gasteiger partial charge is 0.390 e. The number of fused-ring (bicyclic) bond motifs is 2. The van der Waals surface area contributed by atoms with Crippen LogP contribution >= 0.6 is 0 Å². The van der Waals surface area contributed by atoms with E-state index in [-0.39, 0.29) is 17.9 Å². The summed E-state index contributed by atoms with van der Waals surface area (Å²) in [5.41, 5.74) is 7.01. The first-order valence-corrected chi connectivity index (χ1v) is 13.5. The summed E-state index contributed by atoms with van der Waals surface area (Å²) < 4.78 is 2.32. The Bertz CT molecular complexity index is 1260. The second-order valence-electron chi connectivity index (χ2n) is 11.6. The molecule has 0 radical (unpaired) electrons. The van der Waals surface area contributed by atoms with Gasteiger partial charge in [0.2, 0.25) is 5.91 Å². The molecule has 5 rings (SSSR count). The van der Waals surface area contributed by atoms with Gasteiger partial charge in [-0.15, -0.1) is 0 Å². The maximum atomic E-state index is 12.1. The van der Waals surface area contributed by atoms with Crippen molar-refractivity contribution in [2.45, 2.75) is 71.9 Å². The lowest BCUT2D eigenvalue weighted by Crippen LogP contribution is -2.46. The predicted octanol–water partition coefficient (Wildman–Crippen LogP) is 5.09. The van der Waals surface area contributed by atoms with Gasteiger partial charge in [-0.1, -0.05) is 39.8 Å². The number of aliphatic hydroxyl groups excluding tert-OH is 1. The molecule has 36 heavy (non-hydrogen) atoms. The van der Waals surface area contributed by atoms with Crippen molar-refractivity contribution in [3.8, 4) is 0 Å². The van der Waals surface area contributed by atoms with Crippen LogP contribution in [0.2, 0.25) is 0 Å². The summed E-state index contributed by atoms with van der Waals surface area (Å²) in [5.74, 6) is 1.95. The number of anilines is 1. The topological polar surface area (TPSA) is 70.4 Å². The van der Waals surface area contributed by atoms with E-state index in [9.17, 15) is 9.90 Å². The van der Waals surface area contributed by atoms with Gasteiger partial charge in [0, 0.05) is 37.2 Å². The third-order valence-electron chi connectivity index (χ3n) is 7.88. The number of carbonyl (C=O) groups excluding carboxylic acids is 1. The van der Waals surface area contributed by atoms with Crippen molar-refractivity contribution in [1.29, 1.82) is 0 Å². The predicted molar refractivity (Wildman–Crippen MR) is 145 cm³/mol. The minimum atomic E-state index is -0.420. The average molecular weight is 489 g/mol. The summed E-state index contributed by atoms with van der Waals surface area (Å²) in [6.45, 7) is 13.0. The Labute approximate surface area is 214 Å². The SMILES string of the molecule is Cc1ccc2c(c1)nc(C(C)C)n2[C@@H]1CCN(CC2Cc3ccc(NC(=O)C(C)C)cc3C2)C[C@H]1O. The number of hydrogen-bond donors (Lipinski definition) is 2. The molecule has 2 N–H and O–H groups in total. The molecule has 0 saturated carbocycles. The fourth-order valence-electron chi connectivity index (χ4n) is 6.00. The van der Waals surface area contributed by atoms with E-state index in [0.717, 1.165) is 54.9 Å². The van der Waals surface area contributed by atoms with Gasteiger partial charge in [-0.3, -0.25) is 4.79 Å². The number of aryl methyl sites for hydroxylation is 1. The Morgan fingerprint density at radius 1 is 1.11 bits per heavy atom. The average Bonchev–Trinajstić information content (AvgIpc) is 3.39. The highest BCUT2D eigenvalue weighted by atomic mass is 16.3. The van der Waals surface area contributed by atoms with Crippen LogP contribution in [0.1, 0.15) is 68.6 Å². The second-order valence-corrected chi connectivity index (χ2v) is 11.6. The van der Waals surface area contributed by atoms with E-state index in [1.807, 2.05) is 19.9 Å². The van der Waals surface area contributed by atoms with E-state index in [1.54, 1.807) is 0 Å². The molecular formula is C30H40N4O2. The highest BCUT2D eigenvalue weighted by Gasteiger charge is 2.34. The molecule has 6 nitrogen and oxygen atoms in total. The third-order valence-corrected chi connectivity index (χ3v) is 7.88. The lowest BCUT2D eigenvalue weighted by molar-refractivity contribution is -0.118. The molecule has 3 aromatic rings. The van der Waals surface area contributed by atoms with Crippen molar-refractivity contribution in [2.24, 2.45) is 11.8 Å². The van der Waals surface area contributed by atoms with Crippen LogP contribution in [0, 0.1) is 18.8 Å². The number of benzene rings is 2. The zero-order valence-electron chi connectivity index (χ0n) is 22.3. The molecule has 192 valence electrons. The normalized spacial score (nSPS) is 22.5. The number of β-amino-alcohol motifs (C(OH)–C–C–N with tert-alkyl or cyclic N) is 1. The number of nitrogens with one attached hydrogen (secondary N) is 1. The number of piperidine rings is 1. The molecule has 2 aliphatic rings. The fourth-order valence-corrected chi connectivity index (χ4v) is 6.00. The number of hydrogen-bond acceptors (Lipinski definition) is 4. The molecule has 6 heteroatoms. The molecule has 0 bridgehead atoms. The van der Waals surface area contributed by atoms with Gasteiger partial charge in [0.1, 0.15) is 5.82 Å². The molecule has 1 aliphatic carbocycles. The van der Waals surface area contributed by atoms with Gasteiger partial charge >= 0.3 is 0 Å². The quantitative estimate of drug-likeness (QED) is 0.507. The number of carbonyl (C=O) groups is 1. The van der Waals surface area contributed by atoms with Crippen molar-refractivity contribution in [3.63, 3.8) is 0 Å². The van der Waals surface area contributed by atoms with Crippen LogP contribution < -0.4 is 5.32 Å². The zero-order chi connectivity index (χ0) is 25.6. The van der Waals surface area contributed by atoms with Crippen LogP contribution in [0.3, 0.4) is 0 Å². The second kappa shape index (κ2) is 9.98. The summed E-state index contributed by atoms with van der Waals surface area (Å²) >= 11 is 0. The van der Waals surface area contributed by atoms with Crippen LogP contribution in [0.15, 0.2) is 36.4 Å². The molecule has 1 aromatic heterocycles. The van der Waals surface area contributed by atoms with Crippen molar-refractivity contribution in [2.75, 3.05) is 25.0 Å². The third kappa shape index (κ3) is 4.94. The van der Waals surface area contributed by atoms with Crippen LogP contribution in [0.5, 0.6) is 0 Å². The standard InChI is InChI=1S/C30H40N4O2/c1-18(2)29-32-25-12-20(5)6-9-26(25)34(29)27-10-11-33(17-28(27)35)16-21-13-22-7-8-24(15-23(22)14-21)31-30(36)19(3)4/h6-9,12,15,18-19,21,27-28,35H,10-11,13-14,16-17H2,1-5H3,(H,31,36)/t21?,27-,28-/m1/s1. The van der Waals surface area contributed by atoms with Crippen LogP contribution in [0.25, 0.3) is 11.0 Å². The van der Waals surface area contributed by atoms with Gasteiger partial charge in [-0.2, -0.15) is 0 Å². The highest BCUT2D eigenvalue weighted by Crippen LogP contribution is 2.34. The summed E-state index contributed by atoms with van der Waals surface area (Å²) in [5, 5.41) is 14.3. The number of aliphatic hydroxyl groups is 1. The number of rotatable bonds is 6. The van der Waals surface area contributed by atoms with E-state index >= 15 is 0 Å². The number of likely N-dealkylation sites (tertiary alicyclic amines) is 1. The number of aromatic nitrogens is 2. The van der Waals surface area contributed by atoms with Crippen LogP contribution in [-0.2, 0) is 17.6 Å². The van der Waals surface area contributed by atoms with Gasteiger partial charge < -0.3 is 19.9 Å². The molecule has 1 amide bonds. The van der Waals surface area contributed by atoms with Gasteiger partial charge in [-0.05, 0) is 73.1 Å². The summed E-state index contributed by atoms with van der Waals surface area (Å²) in [6.07, 6.45) is 2.59. The zero-order valence-corrected chi connectivity index (χ0v) is 22.3. The van der Waals surface area contributed by atoms with Crippen molar-refractivity contribution >= 4 is 22.6 Å². The first-order valence-electron chi connectivity index (χ1n) is 13.5. The maximum absolute atomic E-state index is 12.1. The minimum Gasteiger partial charge on any atom is -0.390 e. The molecular weight excluding hydrogens is 448 g/mol. The van der Waals surface area contributed by atoms with E-state index in [0.29, 0.717) is 18.4 Å². The smallest absolute Gasteiger partial charge is 0.226 e. The van der Waals surface area contributed by atoms with E-state index in [2.05, 4.69) is 65.9 Å². The molecule has 2 aromatic carbocycles. The van der Waals surface area contributed by atoms with Gasteiger partial charge in [0.05, 0.1) is 23.2 Å². The number of amides is 1. The molecule has 3 atom stereocenters. The Morgan fingerprint density at radius 2 is 1.89 bits per heavy atom. The first-order chi connectivity index (χ1) is 17.2. The molecule has 2 heterocycles. The summed E-state index contributed by atoms with van der Waals surface area (Å²) in [7, 11) is 0. The molecule has 0 spiro atoms. The summed E-state index contributed by atoms with van der Waals surface area (Å²) in [6, 6.07) is 12.9. The number of imidazole rings is 1. The van der Waals surface area contributed by atoms with E-state index < -0.39 is 6.10 Å². The Morgan fingerprint density at radius 3 is 2.61 bits per heavy atom. The van der Waals surface area contributed by atoms with Crippen molar-refractivity contribution in [1.82, 2.24) is 14.5 Å². The molecule has 1 unspecified atom stereocenters. The van der Waals surface area contributed by atoms with Crippen LogP contribution in [0.4, 0.5) is 5.69 Å². The lowest BCUT2D eigenvalue weighted by Gasteiger charge is -2.38. The maximum Gasteiger partial charge on any atom is 0.226 e. The van der Waals surface area contributed by atoms with Crippen molar-refractivity contribution < 1.29 is 9.90 Å². The Kier molecular flexibility index (Phi) is 6.92. The van der Waals surface area contributed by atoms with Crippen molar-refractivity contribution in [3.05, 3.63) is 58.9 Å². The molecule has 1 aliphatic heterocycles. The Balaban J connectivity index is 1.24. The van der Waals surface area contributed by atoms with E-state index in [1.165, 1.54) is 16.7 Å². The number of nitrogens with zero attached hydrogens (tertiary/aromatic N) is 3. The van der Waals surface area contributed by atoms with Gasteiger partial charge in [0.25, 0.3) is 0 Å². The minimum absolute atomic E-state index is 0.0265. The molecule has 1 saturated heterocycles. The highest BCUT2D eigenvalue weighted by molar-refractivity contribution is 5.92. The van der Waals surface area contributed by atoms with Gasteiger partial charge in [0.15, 0.2) is 0 Å².